The van der Waals surface area contributed by atoms with Gasteiger partial charge in [0, 0.05) is 0 Å². The van der Waals surface area contributed by atoms with Crippen LogP contribution in [0, 0.1) is 0 Å². The SMILES string of the molecule is OC[C@@H]1O[C@@H](OC2C(O[C@@H]3O[C@@H](CO)C(O)[C@@H]3O)[C@H](O[C@@H]3CO[C@@H](O[C@@H]4CO[C@@H](CO)C(O)C4O)C(O)C3O)OC[C@H]2O)C(O)C1O. The van der Waals surface area contributed by atoms with Gasteiger partial charge in [0.05, 0.1) is 39.6 Å². The van der Waals surface area contributed by atoms with Crippen molar-refractivity contribution in [3.05, 3.63) is 0 Å². The summed E-state index contributed by atoms with van der Waals surface area (Å²) in [5.41, 5.74) is 0. The van der Waals surface area contributed by atoms with Gasteiger partial charge in [0.15, 0.2) is 25.2 Å². The summed E-state index contributed by atoms with van der Waals surface area (Å²) in [6, 6.07) is 0. The lowest BCUT2D eigenvalue weighted by Gasteiger charge is -2.45. The number of hydrogen-bond donors (Lipinski definition) is 12. The zero-order valence-corrected chi connectivity index (χ0v) is 24.8. The van der Waals surface area contributed by atoms with Crippen LogP contribution < -0.4 is 0 Å². The van der Waals surface area contributed by atoms with Crippen LogP contribution in [0.3, 0.4) is 0 Å². The Hall–Kier alpha value is -0.840. The summed E-state index contributed by atoms with van der Waals surface area (Å²) in [6.07, 6.45) is -30.3. The molecule has 0 saturated carbocycles. The van der Waals surface area contributed by atoms with E-state index in [9.17, 15) is 61.3 Å². The van der Waals surface area contributed by atoms with Crippen molar-refractivity contribution in [1.82, 2.24) is 0 Å². The van der Waals surface area contributed by atoms with E-state index in [1.54, 1.807) is 0 Å². The first-order chi connectivity index (χ1) is 22.4. The van der Waals surface area contributed by atoms with Crippen molar-refractivity contribution in [2.45, 2.75) is 123 Å². The highest BCUT2D eigenvalue weighted by atomic mass is 16.8. The lowest BCUT2D eigenvalue weighted by molar-refractivity contribution is -0.367. The van der Waals surface area contributed by atoms with Crippen molar-refractivity contribution in [3.63, 3.8) is 0 Å². The van der Waals surface area contributed by atoms with Gasteiger partial charge in [-0.05, 0) is 0 Å². The predicted molar refractivity (Wildman–Crippen MR) is 141 cm³/mol. The Balaban J connectivity index is 1.29. The van der Waals surface area contributed by atoms with Gasteiger partial charge in [-0.2, -0.15) is 0 Å². The van der Waals surface area contributed by atoms with Crippen LogP contribution in [0.4, 0.5) is 0 Å². The van der Waals surface area contributed by atoms with Crippen LogP contribution in [0.1, 0.15) is 0 Å². The van der Waals surface area contributed by atoms with Crippen LogP contribution in [0.15, 0.2) is 0 Å². The van der Waals surface area contributed by atoms with Gasteiger partial charge in [0.2, 0.25) is 0 Å². The second kappa shape index (κ2) is 16.0. The van der Waals surface area contributed by atoms with E-state index in [0.717, 1.165) is 0 Å². The van der Waals surface area contributed by atoms with E-state index in [1.165, 1.54) is 0 Å². The quantitative estimate of drug-likeness (QED) is 0.0956. The Kier molecular flexibility index (Phi) is 12.7. The Labute approximate surface area is 266 Å². The molecule has 0 radical (unpaired) electrons. The summed E-state index contributed by atoms with van der Waals surface area (Å²) < 4.78 is 50.1. The van der Waals surface area contributed by atoms with Crippen molar-refractivity contribution in [2.24, 2.45) is 0 Å². The first-order valence-corrected chi connectivity index (χ1v) is 15.1. The monoisotopic (exact) mass is 692 g/mol. The van der Waals surface area contributed by atoms with Crippen LogP contribution in [0.2, 0.25) is 0 Å². The van der Waals surface area contributed by atoms with Crippen LogP contribution >= 0.6 is 0 Å². The van der Waals surface area contributed by atoms with E-state index in [1.807, 2.05) is 0 Å². The van der Waals surface area contributed by atoms with E-state index in [-0.39, 0.29) is 6.61 Å². The van der Waals surface area contributed by atoms with Crippen molar-refractivity contribution in [3.8, 4) is 0 Å². The van der Waals surface area contributed by atoms with Crippen LogP contribution in [0.5, 0.6) is 0 Å². The van der Waals surface area contributed by atoms with Crippen molar-refractivity contribution < 1.29 is 104 Å². The molecular formula is C26H44O21. The van der Waals surface area contributed by atoms with E-state index < -0.39 is 156 Å². The minimum absolute atomic E-state index is 0.277. The Morgan fingerprint density at radius 1 is 0.404 bits per heavy atom. The molecule has 5 heterocycles. The maximum absolute atomic E-state index is 10.9. The second-order valence-electron chi connectivity index (χ2n) is 12.0. The number of aliphatic hydroxyl groups is 12. The third kappa shape index (κ3) is 7.75. The van der Waals surface area contributed by atoms with Gasteiger partial charge in [-0.25, -0.2) is 0 Å². The molecule has 0 aromatic rings. The van der Waals surface area contributed by atoms with Gasteiger partial charge in [-0.15, -0.1) is 0 Å². The lowest BCUT2D eigenvalue weighted by Crippen LogP contribution is -2.63. The fourth-order valence-corrected chi connectivity index (χ4v) is 5.94. The highest BCUT2D eigenvalue weighted by Gasteiger charge is 2.54. The minimum Gasteiger partial charge on any atom is -0.394 e. The molecule has 0 aromatic carbocycles. The third-order valence-corrected chi connectivity index (χ3v) is 8.80. The van der Waals surface area contributed by atoms with Crippen molar-refractivity contribution in [2.75, 3.05) is 39.6 Å². The summed E-state index contributed by atoms with van der Waals surface area (Å²) in [6.45, 7) is -3.16. The maximum Gasteiger partial charge on any atom is 0.187 e. The third-order valence-electron chi connectivity index (χ3n) is 8.80. The molecule has 0 aliphatic carbocycles. The largest absolute Gasteiger partial charge is 0.394 e. The fraction of sp³-hybridized carbons (Fsp3) is 1.00. The molecule has 21 heteroatoms. The molecule has 12 N–H and O–H groups in total. The Morgan fingerprint density at radius 3 is 1.36 bits per heavy atom. The molecule has 0 aromatic heterocycles. The highest BCUT2D eigenvalue weighted by molar-refractivity contribution is 4.95. The molecule has 0 amide bonds. The Morgan fingerprint density at radius 2 is 0.830 bits per heavy atom. The molecular weight excluding hydrogens is 648 g/mol. The number of hydrogen-bond acceptors (Lipinski definition) is 21. The van der Waals surface area contributed by atoms with Gasteiger partial charge < -0.3 is 104 Å². The first kappa shape index (κ1) is 37.4. The van der Waals surface area contributed by atoms with E-state index in [2.05, 4.69) is 0 Å². The zero-order valence-electron chi connectivity index (χ0n) is 24.8. The summed E-state index contributed by atoms with van der Waals surface area (Å²) in [4.78, 5) is 0. The molecule has 0 spiro atoms. The molecule has 5 rings (SSSR count). The summed E-state index contributed by atoms with van der Waals surface area (Å²) in [5, 5.41) is 122. The minimum atomic E-state index is -1.80. The predicted octanol–water partition coefficient (Wildman–Crippen LogP) is -8.69. The van der Waals surface area contributed by atoms with Crippen LogP contribution in [-0.2, 0) is 42.6 Å². The molecule has 5 saturated heterocycles. The fourth-order valence-electron chi connectivity index (χ4n) is 5.94. The topological polar surface area (TPSA) is 326 Å². The number of aliphatic hydroxyl groups excluding tert-OH is 12. The summed E-state index contributed by atoms with van der Waals surface area (Å²) in [7, 11) is 0. The molecule has 20 atom stereocenters. The molecule has 9 unspecified atom stereocenters. The zero-order chi connectivity index (χ0) is 34.2. The molecule has 5 aliphatic rings. The maximum atomic E-state index is 10.9. The van der Waals surface area contributed by atoms with Gasteiger partial charge in [-0.3, -0.25) is 0 Å². The normalized spacial score (nSPS) is 52.6. The van der Waals surface area contributed by atoms with Crippen LogP contribution in [-0.4, -0.2) is 224 Å². The summed E-state index contributed by atoms with van der Waals surface area (Å²) in [5.74, 6) is 0. The number of ether oxygens (including phenoxy) is 9. The smallest absolute Gasteiger partial charge is 0.187 e. The van der Waals surface area contributed by atoms with Crippen molar-refractivity contribution in [1.29, 1.82) is 0 Å². The standard InChI is InChI=1S/C26H44O21/c27-1-8-13(31)16(34)11(5-39-8)44-23-18(36)17(35)12(6-41-23)45-26-22(47-25-20(38)15(33)10(3-29)43-25)21(7(30)4-40-26)46-24-19(37)14(32)9(2-28)42-24/h7-38H,1-6H2/t7-,8+,9+,10+,11-,12-,13?,14?,15?,16?,17?,18?,19?,20+,21?,22?,23+,24+,25+,26+/m1/s1. The van der Waals surface area contributed by atoms with Crippen LogP contribution in [0.25, 0.3) is 0 Å². The summed E-state index contributed by atoms with van der Waals surface area (Å²) >= 11 is 0. The number of rotatable bonds is 11. The highest BCUT2D eigenvalue weighted by Crippen LogP contribution is 2.34. The molecule has 21 nitrogen and oxygen atoms in total. The van der Waals surface area contributed by atoms with Gasteiger partial charge in [0.1, 0.15) is 97.7 Å². The second-order valence-corrected chi connectivity index (χ2v) is 12.0. The first-order valence-electron chi connectivity index (χ1n) is 15.1. The average Bonchev–Trinajstić information content (AvgIpc) is 3.49. The van der Waals surface area contributed by atoms with Gasteiger partial charge in [-0.1, -0.05) is 0 Å². The van der Waals surface area contributed by atoms with Gasteiger partial charge in [0.25, 0.3) is 0 Å². The molecule has 0 bridgehead atoms. The Bertz CT molecular complexity index is 981. The van der Waals surface area contributed by atoms with Crippen molar-refractivity contribution >= 4 is 0 Å². The average molecular weight is 693 g/mol. The molecule has 5 aliphatic heterocycles. The lowest BCUT2D eigenvalue weighted by atomic mass is 9.99. The van der Waals surface area contributed by atoms with Gasteiger partial charge >= 0.3 is 0 Å². The molecule has 47 heavy (non-hydrogen) atoms. The molecule has 274 valence electrons. The van der Waals surface area contributed by atoms with E-state index in [0.29, 0.717) is 0 Å². The molecule has 5 fully saturated rings. The van der Waals surface area contributed by atoms with E-state index in [4.69, 9.17) is 42.6 Å². The van der Waals surface area contributed by atoms with E-state index >= 15 is 0 Å².